The molecule has 2 aromatic carbocycles. The Kier molecular flexibility index (Phi) is 10.2. The molecule has 2 aliphatic heterocycles. The highest BCUT2D eigenvalue weighted by Crippen LogP contribution is 2.37. The van der Waals surface area contributed by atoms with Crippen LogP contribution in [0.4, 0.5) is 24.5 Å². The first-order chi connectivity index (χ1) is 19.3. The Morgan fingerprint density at radius 3 is 2.22 bits per heavy atom. The molecule has 41 heavy (non-hydrogen) atoms. The van der Waals surface area contributed by atoms with E-state index in [0.29, 0.717) is 0 Å². The number of alkyl halides is 3. The van der Waals surface area contributed by atoms with Crippen molar-refractivity contribution in [2.45, 2.75) is 49.7 Å². The van der Waals surface area contributed by atoms with E-state index in [-0.39, 0.29) is 11.7 Å². The van der Waals surface area contributed by atoms with Crippen molar-refractivity contribution in [1.82, 2.24) is 14.1 Å². The first-order valence-electron chi connectivity index (χ1n) is 14.1. The number of piperazine rings is 1. The third kappa shape index (κ3) is 8.12. The lowest BCUT2D eigenvalue weighted by Crippen LogP contribution is -2.47. The van der Waals surface area contributed by atoms with Gasteiger partial charge in [-0.2, -0.15) is 13.2 Å². The second-order valence-electron chi connectivity index (χ2n) is 11.1. The zero-order chi connectivity index (χ0) is 29.8. The van der Waals surface area contributed by atoms with Crippen LogP contribution in [0.5, 0.6) is 0 Å². The summed E-state index contributed by atoms with van der Waals surface area (Å²) < 4.78 is 66.8. The van der Waals surface area contributed by atoms with E-state index in [1.165, 1.54) is 31.4 Å². The fraction of sp³-hybridized carbons (Fsp3) is 0.552. The van der Waals surface area contributed by atoms with Gasteiger partial charge in [-0.05, 0) is 69.5 Å². The number of sulfonamides is 1. The van der Waals surface area contributed by atoms with Crippen LogP contribution in [0, 0.1) is 6.92 Å². The van der Waals surface area contributed by atoms with Gasteiger partial charge >= 0.3 is 6.18 Å². The van der Waals surface area contributed by atoms with Crippen LogP contribution in [0.15, 0.2) is 47.4 Å². The Balaban J connectivity index is 1.21. The molecule has 2 saturated heterocycles. The molecule has 4 rings (SSSR count). The Morgan fingerprint density at radius 2 is 1.63 bits per heavy atom. The number of benzene rings is 2. The number of nitrogens with one attached hydrogen (secondary N) is 1. The highest BCUT2D eigenvalue weighted by atomic mass is 32.2. The van der Waals surface area contributed by atoms with Gasteiger partial charge in [0.25, 0.3) is 0 Å². The molecule has 0 atom stereocenters. The van der Waals surface area contributed by atoms with Crippen LogP contribution in [0.1, 0.15) is 36.8 Å². The predicted octanol–water partition coefficient (Wildman–Crippen LogP) is 5.07. The molecule has 0 amide bonds. The van der Waals surface area contributed by atoms with Crippen LogP contribution in [-0.4, -0.2) is 93.5 Å². The maximum absolute atomic E-state index is 13.7. The lowest BCUT2D eigenvalue weighted by atomic mass is 10.0. The predicted molar refractivity (Wildman–Crippen MR) is 162 cm³/mol. The molecule has 12 heteroatoms. The van der Waals surface area contributed by atoms with E-state index in [1.807, 2.05) is 0 Å². The molecular formula is C29H40F3N5O2S2. The summed E-state index contributed by atoms with van der Waals surface area (Å²) in [5, 5.41) is 3.18. The smallest absolute Gasteiger partial charge is 0.382 e. The van der Waals surface area contributed by atoms with E-state index in [9.17, 15) is 21.6 Å². The lowest BCUT2D eigenvalue weighted by molar-refractivity contribution is -0.139. The molecule has 0 saturated carbocycles. The average molecular weight is 612 g/mol. The first-order valence-corrected chi connectivity index (χ1v) is 15.9. The largest absolute Gasteiger partial charge is 0.417 e. The van der Waals surface area contributed by atoms with Gasteiger partial charge in [0.05, 0.1) is 15.4 Å². The maximum Gasteiger partial charge on any atom is 0.417 e. The molecule has 226 valence electrons. The van der Waals surface area contributed by atoms with Gasteiger partial charge in [-0.3, -0.25) is 4.90 Å². The summed E-state index contributed by atoms with van der Waals surface area (Å²) in [5.74, 6) is 0. The minimum absolute atomic E-state index is 0.0173. The number of thiocarbonyl (C=S) groups is 1. The Labute approximate surface area is 247 Å². The number of aryl methyl sites for hydroxylation is 1. The summed E-state index contributed by atoms with van der Waals surface area (Å²) in [6, 6.07) is 12.0. The topological polar surface area (TPSA) is 59.1 Å². The summed E-state index contributed by atoms with van der Waals surface area (Å²) in [5.41, 5.74) is 1.66. The molecule has 2 aromatic rings. The second-order valence-corrected chi connectivity index (χ2v) is 13.7. The number of anilines is 2. The van der Waals surface area contributed by atoms with Gasteiger partial charge in [0, 0.05) is 70.8 Å². The zero-order valence-corrected chi connectivity index (χ0v) is 25.6. The van der Waals surface area contributed by atoms with Crippen LogP contribution in [0.2, 0.25) is 0 Å². The van der Waals surface area contributed by atoms with Crippen LogP contribution < -0.4 is 10.2 Å². The molecule has 2 fully saturated rings. The fourth-order valence-electron chi connectivity index (χ4n) is 5.37. The normalized spacial score (nSPS) is 17.7. The van der Waals surface area contributed by atoms with Crippen LogP contribution in [0.25, 0.3) is 0 Å². The van der Waals surface area contributed by atoms with Crippen molar-refractivity contribution >= 4 is 38.6 Å². The van der Waals surface area contributed by atoms with Gasteiger partial charge in [0.1, 0.15) is 0 Å². The van der Waals surface area contributed by atoms with Gasteiger partial charge in [-0.25, -0.2) is 12.7 Å². The molecule has 0 radical (unpaired) electrons. The van der Waals surface area contributed by atoms with Gasteiger partial charge in [0.2, 0.25) is 10.0 Å². The van der Waals surface area contributed by atoms with Crippen molar-refractivity contribution < 1.29 is 21.6 Å². The third-order valence-corrected chi connectivity index (χ3v) is 10.2. The monoisotopic (exact) mass is 611 g/mol. The van der Waals surface area contributed by atoms with Crippen LogP contribution in [-0.2, 0) is 16.2 Å². The molecule has 0 spiro atoms. The van der Waals surface area contributed by atoms with Crippen molar-refractivity contribution in [3.8, 4) is 0 Å². The maximum atomic E-state index is 13.7. The van der Waals surface area contributed by atoms with E-state index >= 15 is 0 Å². The van der Waals surface area contributed by atoms with Gasteiger partial charge in [-0.1, -0.05) is 29.9 Å². The molecule has 2 aliphatic rings. The molecule has 1 N–H and O–H groups in total. The van der Waals surface area contributed by atoms with Crippen molar-refractivity contribution in [3.63, 3.8) is 0 Å². The zero-order valence-electron chi connectivity index (χ0n) is 24.0. The number of hydrogen-bond acceptors (Lipinski definition) is 6. The molecule has 0 aliphatic carbocycles. The van der Waals surface area contributed by atoms with Crippen LogP contribution in [0.3, 0.4) is 0 Å². The third-order valence-electron chi connectivity index (χ3n) is 7.90. The molecule has 7 nitrogen and oxygen atoms in total. The highest BCUT2D eigenvalue weighted by Gasteiger charge is 2.38. The minimum atomic E-state index is -4.79. The number of piperidine rings is 1. The summed E-state index contributed by atoms with van der Waals surface area (Å²) in [7, 11) is -1.80. The average Bonchev–Trinajstić information content (AvgIpc) is 2.93. The van der Waals surface area contributed by atoms with Gasteiger partial charge in [0.15, 0.2) is 0 Å². The minimum Gasteiger partial charge on any atom is -0.382 e. The molecule has 0 bridgehead atoms. The lowest BCUT2D eigenvalue weighted by Gasteiger charge is -2.37. The standard InChI is InChI=1S/C29H40F3N5O2S2/c1-22-6-9-25(10-7-22)36-19-17-35(18-20-36)14-4-5-28(40)37-15-12-23(13-16-37)33-24-8-11-27(41(38,39)34(2)3)26(21-24)29(30,31)32/h6-11,21,23,33H,4-5,12-20H2,1-3H3. The van der Waals surface area contributed by atoms with Crippen molar-refractivity contribution in [2.75, 3.05) is 70.1 Å². The number of halogens is 3. The molecule has 2 heterocycles. The van der Waals surface area contributed by atoms with E-state index < -0.39 is 26.7 Å². The molecule has 0 unspecified atom stereocenters. The Morgan fingerprint density at radius 1 is 1.00 bits per heavy atom. The van der Waals surface area contributed by atoms with Gasteiger partial charge in [-0.15, -0.1) is 0 Å². The number of nitrogens with zero attached hydrogens (tertiary/aromatic N) is 4. The highest BCUT2D eigenvalue weighted by molar-refractivity contribution is 7.89. The number of hydrogen-bond donors (Lipinski definition) is 1. The summed E-state index contributed by atoms with van der Waals surface area (Å²) in [6.45, 7) is 8.72. The quantitative estimate of drug-likeness (QED) is 0.398. The van der Waals surface area contributed by atoms with Crippen LogP contribution >= 0.6 is 12.2 Å². The molecule has 0 aromatic heterocycles. The summed E-state index contributed by atoms with van der Waals surface area (Å²) in [6.07, 6.45) is -1.47. The van der Waals surface area contributed by atoms with E-state index in [1.54, 1.807) is 0 Å². The van der Waals surface area contributed by atoms with Crippen molar-refractivity contribution in [3.05, 3.63) is 53.6 Å². The Bertz CT molecular complexity index is 1290. The summed E-state index contributed by atoms with van der Waals surface area (Å²) >= 11 is 5.72. The SMILES string of the molecule is Cc1ccc(N2CCN(CCCC(=S)N3CCC(Nc4ccc(S(=O)(=O)N(C)C)c(C(F)(F)F)c4)CC3)CC2)cc1. The number of likely N-dealkylation sites (tertiary alicyclic amines) is 1. The summed E-state index contributed by atoms with van der Waals surface area (Å²) in [4.78, 5) is 7.33. The fourth-order valence-corrected chi connectivity index (χ4v) is 6.78. The van der Waals surface area contributed by atoms with Crippen molar-refractivity contribution in [1.29, 1.82) is 0 Å². The number of rotatable bonds is 9. The van der Waals surface area contributed by atoms with E-state index in [0.717, 1.165) is 92.9 Å². The first kappa shape index (κ1) is 31.5. The van der Waals surface area contributed by atoms with Crippen molar-refractivity contribution in [2.24, 2.45) is 0 Å². The Hall–Kier alpha value is -2.41. The second kappa shape index (κ2) is 13.3. The van der Waals surface area contributed by atoms with E-state index in [2.05, 4.69) is 51.2 Å². The molecular weight excluding hydrogens is 571 g/mol. The van der Waals surface area contributed by atoms with E-state index in [4.69, 9.17) is 12.2 Å². The van der Waals surface area contributed by atoms with Gasteiger partial charge < -0.3 is 15.1 Å².